The van der Waals surface area contributed by atoms with Gasteiger partial charge in [-0.2, -0.15) is 0 Å². The third-order valence-corrected chi connectivity index (χ3v) is 13.4. The molecule has 0 bridgehead atoms. The van der Waals surface area contributed by atoms with Gasteiger partial charge in [0.1, 0.15) is 24.4 Å². The zero-order chi connectivity index (χ0) is 45.9. The Morgan fingerprint density at radius 3 is 1.24 bits per heavy atom. The van der Waals surface area contributed by atoms with Crippen molar-refractivity contribution in [2.24, 2.45) is 0 Å². The molecule has 0 spiro atoms. The molecular weight excluding hydrogens is 791 g/mol. The summed E-state index contributed by atoms with van der Waals surface area (Å²) >= 11 is 0. The van der Waals surface area contributed by atoms with E-state index in [4.69, 9.17) is 9.47 Å². The molecule has 0 aromatic heterocycles. The molecule has 0 aromatic carbocycles. The van der Waals surface area contributed by atoms with Crippen molar-refractivity contribution in [3.63, 3.8) is 0 Å². The number of rotatable bonds is 47. The van der Waals surface area contributed by atoms with Crippen molar-refractivity contribution in [3.8, 4) is 0 Å². The van der Waals surface area contributed by atoms with Crippen LogP contribution in [0.3, 0.4) is 0 Å². The fourth-order valence-electron chi connectivity index (χ4n) is 8.98. The van der Waals surface area contributed by atoms with E-state index < -0.39 is 49.5 Å². The number of carbonyl (C=O) groups is 1. The second-order valence-electron chi connectivity index (χ2n) is 19.4. The largest absolute Gasteiger partial charge is 0.394 e. The molecule has 9 nitrogen and oxygen atoms in total. The average Bonchev–Trinajstić information content (AvgIpc) is 3.28. The Balaban J connectivity index is 1.94. The molecule has 0 saturated carbocycles. The van der Waals surface area contributed by atoms with Gasteiger partial charge in [-0.15, -0.1) is 0 Å². The first-order valence-electron chi connectivity index (χ1n) is 27.4. The third kappa shape index (κ3) is 34.8. The molecule has 374 valence electrons. The first-order chi connectivity index (χ1) is 30.8. The topological polar surface area (TPSA) is 149 Å². The molecule has 7 unspecified atom stereocenters. The van der Waals surface area contributed by atoms with E-state index in [2.05, 4.69) is 19.2 Å². The number of aliphatic hydroxyl groups is 5. The van der Waals surface area contributed by atoms with Crippen LogP contribution in [-0.2, 0) is 14.3 Å². The van der Waals surface area contributed by atoms with Crippen LogP contribution in [0.15, 0.2) is 12.2 Å². The van der Waals surface area contributed by atoms with Crippen LogP contribution >= 0.6 is 0 Å². The molecule has 0 aromatic rings. The van der Waals surface area contributed by atoms with Gasteiger partial charge in [-0.25, -0.2) is 0 Å². The number of amides is 1. The van der Waals surface area contributed by atoms with Crippen LogP contribution in [-0.4, -0.2) is 87.5 Å². The van der Waals surface area contributed by atoms with E-state index >= 15 is 0 Å². The van der Waals surface area contributed by atoms with E-state index in [1.54, 1.807) is 6.08 Å². The minimum Gasteiger partial charge on any atom is -0.394 e. The van der Waals surface area contributed by atoms with E-state index in [0.717, 1.165) is 44.9 Å². The normalized spacial score (nSPS) is 20.1. The Morgan fingerprint density at radius 1 is 0.524 bits per heavy atom. The van der Waals surface area contributed by atoms with Gasteiger partial charge < -0.3 is 40.3 Å². The lowest BCUT2D eigenvalue weighted by Gasteiger charge is -2.40. The van der Waals surface area contributed by atoms with Gasteiger partial charge in [0.2, 0.25) is 5.91 Å². The molecule has 9 heteroatoms. The molecule has 1 aliphatic heterocycles. The summed E-state index contributed by atoms with van der Waals surface area (Å²) in [5, 5.41) is 53.8. The monoisotopic (exact) mass is 896 g/mol. The maximum atomic E-state index is 12.9. The molecule has 1 rings (SSSR count). The van der Waals surface area contributed by atoms with Crippen LogP contribution in [0.1, 0.15) is 271 Å². The summed E-state index contributed by atoms with van der Waals surface area (Å²) in [5.74, 6) is -0.179. The maximum absolute atomic E-state index is 12.9. The van der Waals surface area contributed by atoms with E-state index in [0.29, 0.717) is 6.42 Å². The molecular formula is C54H105NO8. The first-order valence-corrected chi connectivity index (χ1v) is 27.4. The molecule has 63 heavy (non-hydrogen) atoms. The molecule has 6 N–H and O–H groups in total. The Bertz CT molecular complexity index is 997. The molecule has 0 aliphatic carbocycles. The number of aliphatic hydroxyl groups excluding tert-OH is 5. The molecule has 0 radical (unpaired) electrons. The highest BCUT2D eigenvalue weighted by atomic mass is 16.7. The summed E-state index contributed by atoms with van der Waals surface area (Å²) in [7, 11) is 0. The first kappa shape index (κ1) is 59.9. The van der Waals surface area contributed by atoms with E-state index in [1.165, 1.54) is 205 Å². The minimum absolute atomic E-state index is 0.179. The summed E-state index contributed by atoms with van der Waals surface area (Å²) in [6.07, 6.45) is 48.0. The van der Waals surface area contributed by atoms with Crippen LogP contribution in [0.5, 0.6) is 0 Å². The number of nitrogens with one attached hydrogen (secondary N) is 1. The number of hydrogen-bond donors (Lipinski definition) is 6. The highest BCUT2D eigenvalue weighted by Crippen LogP contribution is 2.23. The van der Waals surface area contributed by atoms with E-state index in [9.17, 15) is 30.3 Å². The van der Waals surface area contributed by atoms with Crippen LogP contribution in [0, 0.1) is 0 Å². The van der Waals surface area contributed by atoms with Gasteiger partial charge >= 0.3 is 0 Å². The number of hydrogen-bond acceptors (Lipinski definition) is 8. The summed E-state index contributed by atoms with van der Waals surface area (Å²) in [6, 6.07) is -0.796. The van der Waals surface area contributed by atoms with Crippen molar-refractivity contribution >= 4 is 5.91 Å². The molecule has 7 atom stereocenters. The lowest BCUT2D eigenvalue weighted by atomic mass is 9.99. The average molecular weight is 896 g/mol. The maximum Gasteiger partial charge on any atom is 0.220 e. The lowest BCUT2D eigenvalue weighted by Crippen LogP contribution is -2.60. The minimum atomic E-state index is -1.56. The quantitative estimate of drug-likeness (QED) is 0.0261. The zero-order valence-electron chi connectivity index (χ0n) is 41.4. The number of allylic oxidation sites excluding steroid dienone is 1. The number of carbonyl (C=O) groups excluding carboxylic acids is 1. The molecule has 1 aliphatic rings. The summed E-state index contributed by atoms with van der Waals surface area (Å²) in [4.78, 5) is 12.9. The van der Waals surface area contributed by atoms with Gasteiger partial charge in [-0.1, -0.05) is 257 Å². The predicted molar refractivity (Wildman–Crippen MR) is 263 cm³/mol. The SMILES string of the molecule is CCCCC/C=C/C(O)C(COC1OC(CO)C(O)C(O)C1O)NC(=O)CCCCCCCCCCCCCCCCCCCCCCCCCCCCCCCCCCCCC. The van der Waals surface area contributed by atoms with Gasteiger partial charge in [0, 0.05) is 6.42 Å². The van der Waals surface area contributed by atoms with E-state index in [-0.39, 0.29) is 12.5 Å². The summed E-state index contributed by atoms with van der Waals surface area (Å²) < 4.78 is 11.1. The molecule has 1 amide bonds. The van der Waals surface area contributed by atoms with Gasteiger partial charge in [0.25, 0.3) is 0 Å². The number of ether oxygens (including phenoxy) is 2. The third-order valence-electron chi connectivity index (χ3n) is 13.4. The van der Waals surface area contributed by atoms with Crippen LogP contribution in [0.25, 0.3) is 0 Å². The highest BCUT2D eigenvalue weighted by molar-refractivity contribution is 5.76. The second-order valence-corrected chi connectivity index (χ2v) is 19.4. The van der Waals surface area contributed by atoms with Crippen molar-refractivity contribution in [1.29, 1.82) is 0 Å². The predicted octanol–water partition coefficient (Wildman–Crippen LogP) is 12.8. The lowest BCUT2D eigenvalue weighted by molar-refractivity contribution is -0.302. The number of unbranched alkanes of at least 4 members (excludes halogenated alkanes) is 37. The highest BCUT2D eigenvalue weighted by Gasteiger charge is 2.44. The van der Waals surface area contributed by atoms with Crippen molar-refractivity contribution in [2.75, 3.05) is 13.2 Å². The van der Waals surface area contributed by atoms with Crippen molar-refractivity contribution < 1.29 is 39.8 Å². The Hall–Kier alpha value is -1.07. The van der Waals surface area contributed by atoms with Gasteiger partial charge in [-0.3, -0.25) is 4.79 Å². The van der Waals surface area contributed by atoms with Gasteiger partial charge in [0.05, 0.1) is 25.4 Å². The smallest absolute Gasteiger partial charge is 0.220 e. The van der Waals surface area contributed by atoms with Crippen molar-refractivity contribution in [3.05, 3.63) is 12.2 Å². The molecule has 1 fully saturated rings. The van der Waals surface area contributed by atoms with Crippen molar-refractivity contribution in [2.45, 2.75) is 314 Å². The summed E-state index contributed by atoms with van der Waals surface area (Å²) in [6.45, 7) is 3.68. The standard InChI is InChI=1S/C54H105NO8/c1-3-5-7-9-10-11-12-13-14-15-16-17-18-19-20-21-22-23-24-25-26-27-28-29-30-31-32-33-34-35-36-37-38-40-42-44-50(58)55-47(48(57)43-41-39-8-6-4-2)46-62-54-53(61)52(60)51(59)49(45-56)63-54/h41,43,47-49,51-54,56-57,59-61H,3-40,42,44-46H2,1-2H3,(H,55,58)/b43-41+. The van der Waals surface area contributed by atoms with E-state index in [1.807, 2.05) is 6.08 Å². The van der Waals surface area contributed by atoms with Gasteiger partial charge in [0.15, 0.2) is 6.29 Å². The van der Waals surface area contributed by atoms with Gasteiger partial charge in [-0.05, 0) is 19.3 Å². The van der Waals surface area contributed by atoms with Crippen LogP contribution < -0.4 is 5.32 Å². The Kier molecular flexibility index (Phi) is 42.6. The molecule has 1 saturated heterocycles. The van der Waals surface area contributed by atoms with Crippen LogP contribution in [0.4, 0.5) is 0 Å². The van der Waals surface area contributed by atoms with Crippen LogP contribution in [0.2, 0.25) is 0 Å². The fraction of sp³-hybridized carbons (Fsp3) is 0.944. The zero-order valence-corrected chi connectivity index (χ0v) is 41.4. The fourth-order valence-corrected chi connectivity index (χ4v) is 8.98. The Morgan fingerprint density at radius 2 is 0.873 bits per heavy atom. The second kappa shape index (κ2) is 44.7. The Labute approximate surface area is 388 Å². The summed E-state index contributed by atoms with van der Waals surface area (Å²) in [5.41, 5.74) is 0. The molecule has 1 heterocycles. The van der Waals surface area contributed by atoms with Crippen molar-refractivity contribution in [1.82, 2.24) is 5.32 Å².